The molecular weight excluding hydrogens is 368 g/mol. The average molecular weight is 387 g/mol. The van der Waals surface area contributed by atoms with Gasteiger partial charge in [-0.2, -0.15) is 0 Å². The Balaban J connectivity index is 1.41. The maximum atomic E-state index is 13.5. The fraction of sp³-hybridized carbons (Fsp3) is 0.250. The molecule has 0 saturated carbocycles. The first-order valence-electron chi connectivity index (χ1n) is 8.75. The zero-order chi connectivity index (χ0) is 20.1. The van der Waals surface area contributed by atoms with Gasteiger partial charge in [-0.3, -0.25) is 9.59 Å². The Morgan fingerprint density at radius 3 is 2.68 bits per heavy atom. The fourth-order valence-electron chi connectivity index (χ4n) is 2.67. The van der Waals surface area contributed by atoms with Gasteiger partial charge in [0.05, 0.1) is 5.71 Å². The van der Waals surface area contributed by atoms with Crippen LogP contribution >= 0.6 is 0 Å². The molecule has 1 aliphatic heterocycles. The lowest BCUT2D eigenvalue weighted by Gasteiger charge is -2.10. The van der Waals surface area contributed by atoms with Gasteiger partial charge in [0.25, 0.3) is 11.8 Å². The molecule has 0 radical (unpaired) electrons. The van der Waals surface area contributed by atoms with E-state index in [-0.39, 0.29) is 31.0 Å². The predicted octanol–water partition coefficient (Wildman–Crippen LogP) is 2.31. The molecule has 2 aromatic rings. The third kappa shape index (κ3) is 4.70. The summed E-state index contributed by atoms with van der Waals surface area (Å²) in [6.07, 6.45) is -0.579. The van der Waals surface area contributed by atoms with E-state index in [1.54, 1.807) is 19.1 Å². The third-order valence-corrected chi connectivity index (χ3v) is 4.26. The summed E-state index contributed by atoms with van der Waals surface area (Å²) in [5.41, 5.74) is 1.73. The topological polar surface area (TPSA) is 79.8 Å². The van der Waals surface area contributed by atoms with Crippen molar-refractivity contribution in [3.8, 4) is 0 Å². The number of carbonyl (C=O) groups is 2. The Bertz CT molecular complexity index is 931. The number of aryl methyl sites for hydroxylation is 1. The molecule has 2 N–H and O–H groups in total. The highest BCUT2D eigenvalue weighted by atomic mass is 19.1. The number of nitrogens with one attached hydrogen (secondary N) is 2. The Labute approximate surface area is 160 Å². The lowest BCUT2D eigenvalue weighted by Crippen LogP contribution is -2.39. The number of amides is 2. The van der Waals surface area contributed by atoms with Crippen molar-refractivity contribution in [2.24, 2.45) is 5.16 Å². The van der Waals surface area contributed by atoms with Crippen LogP contribution in [0.3, 0.4) is 0 Å². The van der Waals surface area contributed by atoms with E-state index < -0.39 is 23.6 Å². The van der Waals surface area contributed by atoms with Gasteiger partial charge in [-0.15, -0.1) is 0 Å². The average Bonchev–Trinajstić information content (AvgIpc) is 3.17. The lowest BCUT2D eigenvalue weighted by molar-refractivity contribution is -0.131. The second-order valence-electron chi connectivity index (χ2n) is 6.36. The van der Waals surface area contributed by atoms with Gasteiger partial charge in [0.2, 0.25) is 6.10 Å². The molecule has 146 valence electrons. The van der Waals surface area contributed by atoms with Gasteiger partial charge in [0.15, 0.2) is 0 Å². The van der Waals surface area contributed by atoms with Gasteiger partial charge in [-0.1, -0.05) is 23.4 Å². The SMILES string of the molecule is Cc1ccc(C(=O)NCCNC(=O)C2CC(c3cccc(F)c3)=NO2)cc1F. The molecule has 3 rings (SSSR count). The van der Waals surface area contributed by atoms with Crippen molar-refractivity contribution in [2.45, 2.75) is 19.4 Å². The van der Waals surface area contributed by atoms with E-state index in [2.05, 4.69) is 15.8 Å². The molecule has 1 aliphatic rings. The number of hydrogen-bond donors (Lipinski definition) is 2. The highest BCUT2D eigenvalue weighted by Crippen LogP contribution is 2.17. The Kier molecular flexibility index (Phi) is 5.98. The maximum absolute atomic E-state index is 13.5. The summed E-state index contributed by atoms with van der Waals surface area (Å²) < 4.78 is 26.8. The number of nitrogens with zero attached hydrogens (tertiary/aromatic N) is 1. The largest absolute Gasteiger partial charge is 0.382 e. The van der Waals surface area contributed by atoms with Crippen LogP contribution in [-0.4, -0.2) is 36.7 Å². The number of carbonyl (C=O) groups excluding carboxylic acids is 2. The quantitative estimate of drug-likeness (QED) is 0.747. The van der Waals surface area contributed by atoms with Gasteiger partial charge in [0.1, 0.15) is 11.6 Å². The number of benzene rings is 2. The van der Waals surface area contributed by atoms with Crippen LogP contribution in [0.25, 0.3) is 0 Å². The molecule has 28 heavy (non-hydrogen) atoms. The molecular formula is C20H19F2N3O3. The summed E-state index contributed by atoms with van der Waals surface area (Å²) in [6, 6.07) is 10.1. The van der Waals surface area contributed by atoms with E-state index in [9.17, 15) is 18.4 Å². The Morgan fingerprint density at radius 2 is 1.93 bits per heavy atom. The summed E-state index contributed by atoms with van der Waals surface area (Å²) in [6.45, 7) is 1.96. The van der Waals surface area contributed by atoms with Crippen molar-refractivity contribution in [1.82, 2.24) is 10.6 Å². The highest BCUT2D eigenvalue weighted by Gasteiger charge is 2.28. The summed E-state index contributed by atoms with van der Waals surface area (Å²) >= 11 is 0. The number of halogens is 2. The van der Waals surface area contributed by atoms with E-state index in [0.717, 1.165) is 0 Å². The zero-order valence-electron chi connectivity index (χ0n) is 15.2. The summed E-state index contributed by atoms with van der Waals surface area (Å²) in [4.78, 5) is 29.2. The van der Waals surface area contributed by atoms with Crippen molar-refractivity contribution in [2.75, 3.05) is 13.1 Å². The van der Waals surface area contributed by atoms with Crippen LogP contribution in [0.4, 0.5) is 8.78 Å². The van der Waals surface area contributed by atoms with Gasteiger partial charge < -0.3 is 15.5 Å². The molecule has 2 aromatic carbocycles. The Morgan fingerprint density at radius 1 is 1.14 bits per heavy atom. The van der Waals surface area contributed by atoms with Crippen molar-refractivity contribution >= 4 is 17.5 Å². The monoisotopic (exact) mass is 387 g/mol. The molecule has 0 spiro atoms. The molecule has 0 aromatic heterocycles. The third-order valence-electron chi connectivity index (χ3n) is 4.26. The van der Waals surface area contributed by atoms with Crippen molar-refractivity contribution in [3.05, 3.63) is 70.8 Å². The van der Waals surface area contributed by atoms with Crippen molar-refractivity contribution < 1.29 is 23.2 Å². The maximum Gasteiger partial charge on any atom is 0.264 e. The van der Waals surface area contributed by atoms with Gasteiger partial charge in [-0.25, -0.2) is 8.78 Å². The minimum absolute atomic E-state index is 0.171. The molecule has 0 bridgehead atoms. The molecule has 1 unspecified atom stereocenters. The second kappa shape index (κ2) is 8.60. The van der Waals surface area contributed by atoms with E-state index in [4.69, 9.17) is 4.84 Å². The van der Waals surface area contributed by atoms with Crippen LogP contribution in [0.15, 0.2) is 47.6 Å². The van der Waals surface area contributed by atoms with E-state index in [0.29, 0.717) is 16.8 Å². The number of hydrogen-bond acceptors (Lipinski definition) is 4. The Hall–Kier alpha value is -3.29. The molecule has 2 amide bonds. The molecule has 0 fully saturated rings. The first-order valence-corrected chi connectivity index (χ1v) is 8.75. The van der Waals surface area contributed by atoms with Crippen LogP contribution in [-0.2, 0) is 9.63 Å². The molecule has 8 heteroatoms. The van der Waals surface area contributed by atoms with Crippen LogP contribution in [0.5, 0.6) is 0 Å². The van der Waals surface area contributed by atoms with Crippen LogP contribution in [0.2, 0.25) is 0 Å². The summed E-state index contributed by atoms with van der Waals surface area (Å²) in [5.74, 6) is -1.65. The first kappa shape index (κ1) is 19.5. The predicted molar refractivity (Wildman–Crippen MR) is 98.9 cm³/mol. The van der Waals surface area contributed by atoms with E-state index >= 15 is 0 Å². The van der Waals surface area contributed by atoms with Crippen LogP contribution in [0.1, 0.15) is 27.9 Å². The smallest absolute Gasteiger partial charge is 0.264 e. The second-order valence-corrected chi connectivity index (χ2v) is 6.36. The molecule has 6 nitrogen and oxygen atoms in total. The minimum atomic E-state index is -0.805. The molecule has 0 saturated heterocycles. The lowest BCUT2D eigenvalue weighted by atomic mass is 10.0. The molecule has 1 heterocycles. The van der Waals surface area contributed by atoms with Crippen molar-refractivity contribution in [3.63, 3.8) is 0 Å². The van der Waals surface area contributed by atoms with Crippen LogP contribution < -0.4 is 10.6 Å². The van der Waals surface area contributed by atoms with Crippen molar-refractivity contribution in [1.29, 1.82) is 0 Å². The van der Waals surface area contributed by atoms with Gasteiger partial charge >= 0.3 is 0 Å². The fourth-order valence-corrected chi connectivity index (χ4v) is 2.67. The highest BCUT2D eigenvalue weighted by molar-refractivity contribution is 6.04. The summed E-state index contributed by atoms with van der Waals surface area (Å²) in [7, 11) is 0. The number of oxime groups is 1. The van der Waals surface area contributed by atoms with Gasteiger partial charge in [-0.05, 0) is 36.8 Å². The van der Waals surface area contributed by atoms with E-state index in [1.807, 2.05) is 0 Å². The zero-order valence-corrected chi connectivity index (χ0v) is 15.2. The normalized spacial score (nSPS) is 15.5. The first-order chi connectivity index (χ1) is 13.4. The van der Waals surface area contributed by atoms with Crippen LogP contribution in [0, 0.1) is 18.6 Å². The molecule has 1 atom stereocenters. The standard InChI is InChI=1S/C20H19F2N3O3/c1-12-5-6-14(10-16(12)22)19(26)23-7-8-24-20(27)18-11-17(25-28-18)13-3-2-4-15(21)9-13/h2-6,9-10,18H,7-8,11H2,1H3,(H,23,26)(H,24,27). The number of rotatable bonds is 6. The summed E-state index contributed by atoms with van der Waals surface area (Å²) in [5, 5.41) is 9.08. The van der Waals surface area contributed by atoms with E-state index in [1.165, 1.54) is 30.3 Å². The minimum Gasteiger partial charge on any atom is -0.382 e. The van der Waals surface area contributed by atoms with Gasteiger partial charge in [0, 0.05) is 30.6 Å². The molecule has 0 aliphatic carbocycles.